The second-order valence-electron chi connectivity index (χ2n) is 5.79. The molecule has 1 aliphatic heterocycles. The first kappa shape index (κ1) is 12.0. The van der Waals surface area contributed by atoms with E-state index in [1.807, 2.05) is 11.3 Å². The van der Waals surface area contributed by atoms with Crippen LogP contribution < -0.4 is 10.6 Å². The minimum absolute atomic E-state index is 0.252. The van der Waals surface area contributed by atoms with Gasteiger partial charge in [-0.25, -0.2) is 0 Å². The van der Waals surface area contributed by atoms with Crippen molar-refractivity contribution in [2.24, 2.45) is 0 Å². The number of nitrogens with one attached hydrogen (secondary N) is 2. The van der Waals surface area contributed by atoms with Gasteiger partial charge in [-0.3, -0.25) is 0 Å². The topological polar surface area (TPSA) is 24.1 Å². The summed E-state index contributed by atoms with van der Waals surface area (Å²) in [5.41, 5.74) is 1.56. The molecule has 0 bridgehead atoms. The molecule has 0 spiro atoms. The summed E-state index contributed by atoms with van der Waals surface area (Å²) < 4.78 is 1.37. The van der Waals surface area contributed by atoms with Gasteiger partial charge in [-0.15, -0.1) is 11.3 Å². The lowest BCUT2D eigenvalue weighted by Crippen LogP contribution is -2.49. The van der Waals surface area contributed by atoms with Crippen LogP contribution in [0.15, 0.2) is 29.6 Å². The number of hydrogen-bond donors (Lipinski definition) is 2. The third-order valence-corrected chi connectivity index (χ3v) is 4.66. The van der Waals surface area contributed by atoms with E-state index in [-0.39, 0.29) is 5.54 Å². The smallest absolute Gasteiger partial charge is 0.0531 e. The highest BCUT2D eigenvalue weighted by Crippen LogP contribution is 2.32. The van der Waals surface area contributed by atoms with Crippen LogP contribution in [0.2, 0.25) is 0 Å². The fraction of sp³-hybridized carbons (Fsp3) is 0.467. The van der Waals surface area contributed by atoms with Crippen molar-refractivity contribution < 1.29 is 0 Å². The van der Waals surface area contributed by atoms with Gasteiger partial charge < -0.3 is 10.6 Å². The molecule has 1 aliphatic rings. The number of piperidine rings is 1. The molecule has 2 aromatic rings. The average molecular weight is 260 g/mol. The molecule has 1 saturated heterocycles. The normalized spacial score (nSPS) is 23.1. The summed E-state index contributed by atoms with van der Waals surface area (Å²) in [6.07, 6.45) is 2.38. The first-order chi connectivity index (χ1) is 8.64. The van der Waals surface area contributed by atoms with Gasteiger partial charge in [0.2, 0.25) is 0 Å². The van der Waals surface area contributed by atoms with Gasteiger partial charge in [0, 0.05) is 27.0 Å². The summed E-state index contributed by atoms with van der Waals surface area (Å²) in [6.45, 7) is 5.67. The highest BCUT2D eigenvalue weighted by Gasteiger charge is 2.27. The maximum Gasteiger partial charge on any atom is 0.0531 e. The first-order valence-corrected chi connectivity index (χ1v) is 7.50. The molecule has 1 fully saturated rings. The average Bonchev–Trinajstić information content (AvgIpc) is 2.72. The lowest BCUT2D eigenvalue weighted by atomic mass is 9.89. The quantitative estimate of drug-likeness (QED) is 0.857. The minimum Gasteiger partial charge on any atom is -0.381 e. The van der Waals surface area contributed by atoms with Crippen molar-refractivity contribution >= 4 is 27.1 Å². The Balaban J connectivity index is 1.80. The van der Waals surface area contributed by atoms with Crippen LogP contribution in [-0.2, 0) is 0 Å². The standard InChI is InChI=1S/C15H20N2S/c1-15(2)9-11(7-8-16-15)17-13-10-18-14-6-4-3-5-12(13)14/h3-6,10-11,16-17H,7-9H2,1-2H3. The number of anilines is 1. The van der Waals surface area contributed by atoms with Crippen LogP contribution in [0, 0.1) is 0 Å². The van der Waals surface area contributed by atoms with Crippen LogP contribution in [-0.4, -0.2) is 18.1 Å². The SMILES string of the molecule is CC1(C)CC(Nc2csc3ccccc23)CCN1. The Morgan fingerprint density at radius 1 is 1.33 bits per heavy atom. The number of thiophene rings is 1. The van der Waals surface area contributed by atoms with E-state index in [1.54, 1.807) is 0 Å². The van der Waals surface area contributed by atoms with Crippen molar-refractivity contribution in [1.82, 2.24) is 5.32 Å². The summed E-state index contributed by atoms with van der Waals surface area (Å²) in [5, 5.41) is 10.9. The molecule has 2 heterocycles. The van der Waals surface area contributed by atoms with Crippen molar-refractivity contribution in [2.45, 2.75) is 38.3 Å². The van der Waals surface area contributed by atoms with E-state index in [9.17, 15) is 0 Å². The Hall–Kier alpha value is -1.06. The zero-order valence-corrected chi connectivity index (χ0v) is 11.8. The van der Waals surface area contributed by atoms with Crippen molar-refractivity contribution in [3.05, 3.63) is 29.6 Å². The highest BCUT2D eigenvalue weighted by molar-refractivity contribution is 7.17. The molecule has 3 heteroatoms. The van der Waals surface area contributed by atoms with Crippen LogP contribution in [0.3, 0.4) is 0 Å². The second kappa shape index (κ2) is 4.56. The largest absolute Gasteiger partial charge is 0.381 e. The first-order valence-electron chi connectivity index (χ1n) is 6.62. The van der Waals surface area contributed by atoms with E-state index in [0.29, 0.717) is 6.04 Å². The van der Waals surface area contributed by atoms with Gasteiger partial charge in [-0.05, 0) is 39.3 Å². The van der Waals surface area contributed by atoms with Crippen molar-refractivity contribution in [2.75, 3.05) is 11.9 Å². The summed E-state index contributed by atoms with van der Waals surface area (Å²) in [7, 11) is 0. The van der Waals surface area contributed by atoms with Crippen LogP contribution >= 0.6 is 11.3 Å². The third-order valence-electron chi connectivity index (χ3n) is 3.69. The van der Waals surface area contributed by atoms with Gasteiger partial charge >= 0.3 is 0 Å². The predicted molar refractivity (Wildman–Crippen MR) is 80.6 cm³/mol. The molecular formula is C15H20N2S. The van der Waals surface area contributed by atoms with Gasteiger partial charge in [-0.1, -0.05) is 18.2 Å². The van der Waals surface area contributed by atoms with E-state index in [2.05, 4.69) is 54.1 Å². The van der Waals surface area contributed by atoms with E-state index in [1.165, 1.54) is 28.6 Å². The Morgan fingerprint density at radius 3 is 3.00 bits per heavy atom. The maximum absolute atomic E-state index is 3.73. The number of rotatable bonds is 2. The summed E-state index contributed by atoms with van der Waals surface area (Å²) in [5.74, 6) is 0. The number of fused-ring (bicyclic) bond motifs is 1. The molecule has 1 aromatic heterocycles. The number of hydrogen-bond acceptors (Lipinski definition) is 3. The molecule has 3 rings (SSSR count). The monoisotopic (exact) mass is 260 g/mol. The molecule has 1 aromatic carbocycles. The van der Waals surface area contributed by atoms with Gasteiger partial charge in [0.1, 0.15) is 0 Å². The second-order valence-corrected chi connectivity index (χ2v) is 6.70. The van der Waals surface area contributed by atoms with Crippen molar-refractivity contribution in [3.8, 4) is 0 Å². The van der Waals surface area contributed by atoms with Crippen LogP contribution in [0.5, 0.6) is 0 Å². The van der Waals surface area contributed by atoms with E-state index < -0.39 is 0 Å². The van der Waals surface area contributed by atoms with E-state index in [4.69, 9.17) is 0 Å². The lowest BCUT2D eigenvalue weighted by molar-refractivity contribution is 0.286. The predicted octanol–water partition coefficient (Wildman–Crippen LogP) is 3.84. The summed E-state index contributed by atoms with van der Waals surface area (Å²) >= 11 is 1.82. The zero-order chi connectivity index (χ0) is 12.6. The van der Waals surface area contributed by atoms with Crippen LogP contribution in [0.4, 0.5) is 5.69 Å². The molecule has 2 N–H and O–H groups in total. The lowest BCUT2D eigenvalue weighted by Gasteiger charge is -2.37. The van der Waals surface area contributed by atoms with E-state index >= 15 is 0 Å². The Labute approximate surface area is 112 Å². The molecule has 0 radical (unpaired) electrons. The molecule has 1 unspecified atom stereocenters. The van der Waals surface area contributed by atoms with Gasteiger partial charge in [0.05, 0.1) is 5.69 Å². The van der Waals surface area contributed by atoms with Crippen LogP contribution in [0.1, 0.15) is 26.7 Å². The zero-order valence-electron chi connectivity index (χ0n) is 11.0. The molecule has 2 nitrogen and oxygen atoms in total. The molecule has 0 aliphatic carbocycles. The van der Waals surface area contributed by atoms with Gasteiger partial charge in [0.15, 0.2) is 0 Å². The molecule has 1 atom stereocenters. The third kappa shape index (κ3) is 2.38. The number of benzene rings is 1. The Kier molecular flexibility index (Phi) is 3.04. The molecule has 0 amide bonds. The molecule has 96 valence electrons. The fourth-order valence-corrected chi connectivity index (χ4v) is 3.71. The van der Waals surface area contributed by atoms with Crippen LogP contribution in [0.25, 0.3) is 10.1 Å². The highest BCUT2D eigenvalue weighted by atomic mass is 32.1. The molecule has 0 saturated carbocycles. The Bertz CT molecular complexity index is 544. The van der Waals surface area contributed by atoms with E-state index in [0.717, 1.165) is 6.54 Å². The summed E-state index contributed by atoms with van der Waals surface area (Å²) in [4.78, 5) is 0. The van der Waals surface area contributed by atoms with Gasteiger partial charge in [0.25, 0.3) is 0 Å². The minimum atomic E-state index is 0.252. The maximum atomic E-state index is 3.73. The molecular weight excluding hydrogens is 240 g/mol. The fourth-order valence-electron chi connectivity index (χ4n) is 2.81. The Morgan fingerprint density at radius 2 is 2.17 bits per heavy atom. The van der Waals surface area contributed by atoms with Crippen molar-refractivity contribution in [3.63, 3.8) is 0 Å². The van der Waals surface area contributed by atoms with Crippen molar-refractivity contribution in [1.29, 1.82) is 0 Å². The molecule has 18 heavy (non-hydrogen) atoms. The van der Waals surface area contributed by atoms with Gasteiger partial charge in [-0.2, -0.15) is 0 Å². The summed E-state index contributed by atoms with van der Waals surface area (Å²) in [6, 6.07) is 9.21.